The van der Waals surface area contributed by atoms with E-state index in [2.05, 4.69) is 10.3 Å². The number of rotatable bonds is 4. The van der Waals surface area contributed by atoms with Crippen LogP contribution in [0.3, 0.4) is 0 Å². The second-order valence-corrected chi connectivity index (χ2v) is 5.86. The standard InChI is InChI=1S/C16H12F2N2OS/c17-10-5-6-12(11(18)9-10)19-15(21)7-8-16-20-13-3-1-2-4-14(13)22-16/h1-6,9H,7-8H2,(H,19,21). The molecule has 3 aromatic rings. The Morgan fingerprint density at radius 3 is 2.77 bits per heavy atom. The first-order valence-corrected chi connectivity index (χ1v) is 7.53. The van der Waals surface area contributed by atoms with E-state index in [1.54, 1.807) is 0 Å². The van der Waals surface area contributed by atoms with Crippen LogP contribution in [0.4, 0.5) is 14.5 Å². The molecule has 0 bridgehead atoms. The van der Waals surface area contributed by atoms with Crippen molar-refractivity contribution in [2.75, 3.05) is 5.32 Å². The summed E-state index contributed by atoms with van der Waals surface area (Å²) < 4.78 is 27.3. The van der Waals surface area contributed by atoms with E-state index >= 15 is 0 Å². The molecule has 3 rings (SSSR count). The van der Waals surface area contributed by atoms with Gasteiger partial charge in [0.2, 0.25) is 5.91 Å². The van der Waals surface area contributed by atoms with Crippen molar-refractivity contribution in [3.63, 3.8) is 0 Å². The third-order valence-corrected chi connectivity index (χ3v) is 4.21. The molecule has 0 aliphatic rings. The largest absolute Gasteiger partial charge is 0.324 e. The zero-order valence-electron chi connectivity index (χ0n) is 11.5. The van der Waals surface area contributed by atoms with E-state index in [1.807, 2.05) is 24.3 Å². The van der Waals surface area contributed by atoms with Crippen molar-refractivity contribution >= 4 is 33.1 Å². The molecule has 1 N–H and O–H groups in total. The molecule has 0 fully saturated rings. The number of para-hydroxylation sites is 1. The normalized spacial score (nSPS) is 10.8. The molecule has 0 radical (unpaired) electrons. The summed E-state index contributed by atoms with van der Waals surface area (Å²) in [5.41, 5.74) is 0.892. The van der Waals surface area contributed by atoms with Crippen molar-refractivity contribution in [3.05, 3.63) is 59.1 Å². The number of carbonyl (C=O) groups is 1. The van der Waals surface area contributed by atoms with Crippen molar-refractivity contribution in [1.29, 1.82) is 0 Å². The Morgan fingerprint density at radius 1 is 1.18 bits per heavy atom. The SMILES string of the molecule is O=C(CCc1nc2ccccc2s1)Nc1ccc(F)cc1F. The number of nitrogens with one attached hydrogen (secondary N) is 1. The van der Waals surface area contributed by atoms with Gasteiger partial charge in [0, 0.05) is 18.9 Å². The molecule has 0 unspecified atom stereocenters. The predicted octanol–water partition coefficient (Wildman–Crippen LogP) is 4.15. The fourth-order valence-corrected chi connectivity index (χ4v) is 3.02. The summed E-state index contributed by atoms with van der Waals surface area (Å²) in [6, 6.07) is 10.8. The molecule has 0 aliphatic carbocycles. The average Bonchev–Trinajstić information content (AvgIpc) is 2.91. The molecule has 1 amide bonds. The molecule has 0 saturated carbocycles. The third kappa shape index (κ3) is 3.28. The number of aromatic nitrogens is 1. The minimum atomic E-state index is -0.784. The Labute approximate surface area is 129 Å². The Balaban J connectivity index is 1.62. The molecule has 0 saturated heterocycles. The first-order chi connectivity index (χ1) is 10.6. The lowest BCUT2D eigenvalue weighted by atomic mass is 10.2. The predicted molar refractivity (Wildman–Crippen MR) is 82.9 cm³/mol. The lowest BCUT2D eigenvalue weighted by Crippen LogP contribution is -2.13. The minimum Gasteiger partial charge on any atom is -0.324 e. The van der Waals surface area contributed by atoms with Crippen molar-refractivity contribution in [2.45, 2.75) is 12.8 Å². The maximum atomic E-state index is 13.4. The fraction of sp³-hybridized carbons (Fsp3) is 0.125. The highest BCUT2D eigenvalue weighted by Crippen LogP contribution is 2.22. The fourth-order valence-electron chi connectivity index (χ4n) is 2.05. The highest BCUT2D eigenvalue weighted by Gasteiger charge is 2.10. The maximum absolute atomic E-state index is 13.4. The number of halogens is 2. The van der Waals surface area contributed by atoms with Crippen LogP contribution in [0.2, 0.25) is 0 Å². The van der Waals surface area contributed by atoms with E-state index in [4.69, 9.17) is 0 Å². The topological polar surface area (TPSA) is 42.0 Å². The van der Waals surface area contributed by atoms with Gasteiger partial charge in [0.25, 0.3) is 0 Å². The summed E-state index contributed by atoms with van der Waals surface area (Å²) in [5, 5.41) is 3.30. The molecule has 3 nitrogen and oxygen atoms in total. The zero-order valence-corrected chi connectivity index (χ0v) is 12.3. The van der Waals surface area contributed by atoms with Crippen LogP contribution in [0.15, 0.2) is 42.5 Å². The van der Waals surface area contributed by atoms with E-state index in [0.29, 0.717) is 6.42 Å². The monoisotopic (exact) mass is 318 g/mol. The number of fused-ring (bicyclic) bond motifs is 1. The van der Waals surface area contributed by atoms with E-state index in [-0.39, 0.29) is 18.0 Å². The number of aryl methyl sites for hydroxylation is 1. The maximum Gasteiger partial charge on any atom is 0.224 e. The number of benzene rings is 2. The smallest absolute Gasteiger partial charge is 0.224 e. The van der Waals surface area contributed by atoms with E-state index < -0.39 is 11.6 Å². The molecule has 22 heavy (non-hydrogen) atoms. The van der Waals surface area contributed by atoms with Crippen molar-refractivity contribution in [1.82, 2.24) is 4.98 Å². The zero-order chi connectivity index (χ0) is 15.5. The number of amides is 1. The summed E-state index contributed by atoms with van der Waals surface area (Å²) >= 11 is 1.54. The van der Waals surface area contributed by atoms with Gasteiger partial charge in [0.15, 0.2) is 0 Å². The van der Waals surface area contributed by atoms with Crippen molar-refractivity contribution in [2.24, 2.45) is 0 Å². The quantitative estimate of drug-likeness (QED) is 0.785. The molecular formula is C16H12F2N2OS. The summed E-state index contributed by atoms with van der Waals surface area (Å²) in [4.78, 5) is 16.3. The van der Waals surface area contributed by atoms with Crippen LogP contribution >= 0.6 is 11.3 Å². The van der Waals surface area contributed by atoms with Crippen LogP contribution in [0, 0.1) is 11.6 Å². The summed E-state index contributed by atoms with van der Waals surface area (Å²) in [6.45, 7) is 0. The van der Waals surface area contributed by atoms with Gasteiger partial charge in [-0.1, -0.05) is 12.1 Å². The van der Waals surface area contributed by atoms with E-state index in [9.17, 15) is 13.6 Å². The van der Waals surface area contributed by atoms with Crippen LogP contribution < -0.4 is 5.32 Å². The third-order valence-electron chi connectivity index (χ3n) is 3.11. The number of hydrogen-bond donors (Lipinski definition) is 1. The summed E-state index contributed by atoms with van der Waals surface area (Å²) in [5.74, 6) is -1.79. The molecule has 2 aromatic carbocycles. The lowest BCUT2D eigenvalue weighted by molar-refractivity contribution is -0.116. The van der Waals surface area contributed by atoms with Gasteiger partial charge in [-0.05, 0) is 24.3 Å². The van der Waals surface area contributed by atoms with Crippen LogP contribution in [0.25, 0.3) is 10.2 Å². The molecule has 0 spiro atoms. The van der Waals surface area contributed by atoms with Gasteiger partial charge in [0.05, 0.1) is 20.9 Å². The van der Waals surface area contributed by atoms with E-state index in [1.165, 1.54) is 17.4 Å². The second kappa shape index (κ2) is 6.19. The highest BCUT2D eigenvalue weighted by atomic mass is 32.1. The Bertz CT molecular complexity index is 799. The van der Waals surface area contributed by atoms with Crippen molar-refractivity contribution in [3.8, 4) is 0 Å². The Kier molecular flexibility index (Phi) is 4.11. The Hall–Kier alpha value is -2.34. The number of nitrogens with zero attached hydrogens (tertiary/aromatic N) is 1. The van der Waals surface area contributed by atoms with Crippen LogP contribution in [0.1, 0.15) is 11.4 Å². The molecule has 112 valence electrons. The lowest BCUT2D eigenvalue weighted by Gasteiger charge is -2.05. The van der Waals surface area contributed by atoms with Crippen LogP contribution in [-0.2, 0) is 11.2 Å². The van der Waals surface area contributed by atoms with Crippen LogP contribution in [0.5, 0.6) is 0 Å². The second-order valence-electron chi connectivity index (χ2n) is 4.75. The van der Waals surface area contributed by atoms with Gasteiger partial charge in [0.1, 0.15) is 11.6 Å². The summed E-state index contributed by atoms with van der Waals surface area (Å²) in [6.07, 6.45) is 0.671. The number of thiazole rings is 1. The van der Waals surface area contributed by atoms with E-state index in [0.717, 1.165) is 27.4 Å². The molecule has 0 aliphatic heterocycles. The molecule has 6 heteroatoms. The number of carbonyl (C=O) groups excluding carboxylic acids is 1. The average molecular weight is 318 g/mol. The molecular weight excluding hydrogens is 306 g/mol. The Morgan fingerprint density at radius 2 is 2.00 bits per heavy atom. The molecule has 1 heterocycles. The number of anilines is 1. The van der Waals surface area contributed by atoms with Gasteiger partial charge in [-0.25, -0.2) is 13.8 Å². The number of hydrogen-bond acceptors (Lipinski definition) is 3. The minimum absolute atomic E-state index is 0.0179. The highest BCUT2D eigenvalue weighted by molar-refractivity contribution is 7.18. The first kappa shape index (κ1) is 14.6. The van der Waals surface area contributed by atoms with Gasteiger partial charge >= 0.3 is 0 Å². The van der Waals surface area contributed by atoms with Crippen molar-refractivity contribution < 1.29 is 13.6 Å². The van der Waals surface area contributed by atoms with Gasteiger partial charge in [-0.15, -0.1) is 11.3 Å². The van der Waals surface area contributed by atoms with Gasteiger partial charge in [-0.3, -0.25) is 4.79 Å². The van der Waals surface area contributed by atoms with Crippen LogP contribution in [-0.4, -0.2) is 10.9 Å². The molecule has 0 atom stereocenters. The first-order valence-electron chi connectivity index (χ1n) is 6.71. The molecule has 1 aromatic heterocycles. The van der Waals surface area contributed by atoms with Gasteiger partial charge in [-0.2, -0.15) is 0 Å². The van der Waals surface area contributed by atoms with Gasteiger partial charge < -0.3 is 5.32 Å². The summed E-state index contributed by atoms with van der Waals surface area (Å²) in [7, 11) is 0.